The summed E-state index contributed by atoms with van der Waals surface area (Å²) in [7, 11) is 0. The lowest BCUT2D eigenvalue weighted by Crippen LogP contribution is -2.36. The highest BCUT2D eigenvalue weighted by molar-refractivity contribution is 5.76. The number of ether oxygens (including phenoxy) is 1. The minimum absolute atomic E-state index is 0.0651. The molecule has 1 fully saturated rings. The smallest absolute Gasteiger partial charge is 0.417 e. The quantitative estimate of drug-likeness (QED) is 0.815. The predicted octanol–water partition coefficient (Wildman–Crippen LogP) is 2.25. The highest BCUT2D eigenvalue weighted by atomic mass is 19.4. The van der Waals surface area contributed by atoms with E-state index in [4.69, 9.17) is 4.74 Å². The summed E-state index contributed by atoms with van der Waals surface area (Å²) < 4.78 is 44.5. The number of nitrogens with zero attached hydrogens (tertiary/aromatic N) is 3. The lowest BCUT2D eigenvalue weighted by atomic mass is 10.3. The van der Waals surface area contributed by atoms with Crippen LogP contribution in [0.25, 0.3) is 0 Å². The fourth-order valence-electron chi connectivity index (χ4n) is 2.82. The highest BCUT2D eigenvalue weighted by Gasteiger charge is 2.31. The van der Waals surface area contributed by atoms with Gasteiger partial charge >= 0.3 is 6.18 Å². The van der Waals surface area contributed by atoms with E-state index in [1.807, 2.05) is 0 Å². The number of hydrogen-bond acceptors (Lipinski definition) is 4. The van der Waals surface area contributed by atoms with Crippen LogP contribution in [0.4, 0.5) is 13.2 Å². The van der Waals surface area contributed by atoms with Gasteiger partial charge in [-0.25, -0.2) is 4.98 Å². The van der Waals surface area contributed by atoms with Crippen LogP contribution in [-0.2, 0) is 17.5 Å². The van der Waals surface area contributed by atoms with Crippen LogP contribution >= 0.6 is 0 Å². The van der Waals surface area contributed by atoms with Crippen molar-refractivity contribution in [2.75, 3.05) is 13.1 Å². The van der Waals surface area contributed by atoms with Gasteiger partial charge in [0.2, 0.25) is 11.8 Å². The lowest BCUT2D eigenvalue weighted by molar-refractivity contribution is -0.138. The standard InChI is InChI=1S/C18H18F3N3O3/c1-12-4-6-24(16(25)8-12)11-17(26)23-7-5-14(10-23)27-15-3-2-13(9-22-15)18(19,20)21/h2-4,6,8-9,14H,5,7,10-11H2,1H3. The number of amides is 1. The molecular formula is C18H18F3N3O3. The predicted molar refractivity (Wildman–Crippen MR) is 90.3 cm³/mol. The molecule has 1 saturated heterocycles. The van der Waals surface area contributed by atoms with Gasteiger partial charge in [0.05, 0.1) is 12.1 Å². The van der Waals surface area contributed by atoms with Crippen LogP contribution < -0.4 is 10.3 Å². The number of halogens is 3. The fourth-order valence-corrected chi connectivity index (χ4v) is 2.82. The molecule has 0 spiro atoms. The van der Waals surface area contributed by atoms with Crippen molar-refractivity contribution >= 4 is 5.91 Å². The zero-order chi connectivity index (χ0) is 19.6. The van der Waals surface area contributed by atoms with E-state index in [1.165, 1.54) is 16.7 Å². The monoisotopic (exact) mass is 381 g/mol. The molecule has 1 aliphatic rings. The molecule has 0 radical (unpaired) electrons. The van der Waals surface area contributed by atoms with Crippen molar-refractivity contribution in [2.24, 2.45) is 0 Å². The average Bonchev–Trinajstić information content (AvgIpc) is 3.06. The first-order chi connectivity index (χ1) is 12.7. The maximum absolute atomic E-state index is 12.5. The molecule has 6 nitrogen and oxygen atoms in total. The van der Waals surface area contributed by atoms with E-state index in [0.717, 1.165) is 17.8 Å². The molecule has 0 saturated carbocycles. The Bertz CT molecular complexity index is 878. The minimum Gasteiger partial charge on any atom is -0.472 e. The van der Waals surface area contributed by atoms with Gasteiger partial charge in [0.15, 0.2) is 0 Å². The molecule has 0 aromatic carbocycles. The third-order valence-electron chi connectivity index (χ3n) is 4.31. The number of likely N-dealkylation sites (tertiary alicyclic amines) is 1. The number of aromatic nitrogens is 2. The zero-order valence-corrected chi connectivity index (χ0v) is 14.6. The molecule has 0 aliphatic carbocycles. The van der Waals surface area contributed by atoms with Gasteiger partial charge in [0, 0.05) is 37.5 Å². The van der Waals surface area contributed by atoms with E-state index < -0.39 is 11.7 Å². The van der Waals surface area contributed by atoms with Crippen molar-refractivity contribution in [2.45, 2.75) is 32.2 Å². The van der Waals surface area contributed by atoms with Crippen molar-refractivity contribution < 1.29 is 22.7 Å². The maximum Gasteiger partial charge on any atom is 0.417 e. The Morgan fingerprint density at radius 2 is 2.11 bits per heavy atom. The van der Waals surface area contributed by atoms with Crippen LogP contribution in [-0.4, -0.2) is 39.6 Å². The van der Waals surface area contributed by atoms with E-state index in [-0.39, 0.29) is 30.0 Å². The van der Waals surface area contributed by atoms with Crippen LogP contribution in [0.2, 0.25) is 0 Å². The molecule has 0 bridgehead atoms. The normalized spacial score (nSPS) is 17.2. The van der Waals surface area contributed by atoms with Crippen LogP contribution in [0.1, 0.15) is 17.5 Å². The summed E-state index contributed by atoms with van der Waals surface area (Å²) >= 11 is 0. The molecule has 3 rings (SSSR count). The first kappa shape index (κ1) is 18.9. The molecule has 1 unspecified atom stereocenters. The number of carbonyl (C=O) groups excluding carboxylic acids is 1. The van der Waals surface area contributed by atoms with Gasteiger partial charge in [-0.05, 0) is 24.6 Å². The average molecular weight is 381 g/mol. The van der Waals surface area contributed by atoms with E-state index in [0.29, 0.717) is 19.5 Å². The second-order valence-electron chi connectivity index (χ2n) is 6.42. The molecule has 9 heteroatoms. The fraction of sp³-hybridized carbons (Fsp3) is 0.389. The molecule has 1 atom stereocenters. The Labute approximate surface area is 153 Å². The second kappa shape index (κ2) is 7.42. The molecule has 0 N–H and O–H groups in total. The van der Waals surface area contributed by atoms with Gasteiger partial charge in [-0.15, -0.1) is 0 Å². The molecule has 2 aromatic heterocycles. The molecule has 144 valence electrons. The van der Waals surface area contributed by atoms with Crippen molar-refractivity contribution in [3.63, 3.8) is 0 Å². The summed E-state index contributed by atoms with van der Waals surface area (Å²) in [6.45, 7) is 2.47. The molecular weight excluding hydrogens is 363 g/mol. The van der Waals surface area contributed by atoms with Gasteiger partial charge in [0.1, 0.15) is 12.6 Å². The SMILES string of the molecule is Cc1ccn(CC(=O)N2CCC(Oc3ccc(C(F)(F)F)cn3)C2)c(=O)c1. The Balaban J connectivity index is 1.56. The van der Waals surface area contributed by atoms with Crippen molar-refractivity contribution in [1.82, 2.24) is 14.5 Å². The van der Waals surface area contributed by atoms with Crippen LogP contribution in [0.15, 0.2) is 41.5 Å². The topological polar surface area (TPSA) is 64.4 Å². The summed E-state index contributed by atoms with van der Waals surface area (Å²) in [4.78, 5) is 29.5. The first-order valence-electron chi connectivity index (χ1n) is 8.37. The third-order valence-corrected chi connectivity index (χ3v) is 4.31. The molecule has 27 heavy (non-hydrogen) atoms. The zero-order valence-electron chi connectivity index (χ0n) is 14.6. The number of carbonyl (C=O) groups is 1. The second-order valence-corrected chi connectivity index (χ2v) is 6.42. The van der Waals surface area contributed by atoms with Crippen LogP contribution in [0.3, 0.4) is 0 Å². The van der Waals surface area contributed by atoms with Gasteiger partial charge in [-0.1, -0.05) is 0 Å². The summed E-state index contributed by atoms with van der Waals surface area (Å²) in [6, 6.07) is 5.28. The van der Waals surface area contributed by atoms with E-state index in [9.17, 15) is 22.8 Å². The number of alkyl halides is 3. The van der Waals surface area contributed by atoms with E-state index in [2.05, 4.69) is 4.98 Å². The number of aryl methyl sites for hydroxylation is 1. The summed E-state index contributed by atoms with van der Waals surface area (Å²) in [5.74, 6) is -0.135. The summed E-state index contributed by atoms with van der Waals surface area (Å²) in [5, 5.41) is 0. The molecule has 3 heterocycles. The van der Waals surface area contributed by atoms with Crippen LogP contribution in [0, 0.1) is 6.92 Å². The molecule has 1 amide bonds. The lowest BCUT2D eigenvalue weighted by Gasteiger charge is -2.18. The number of rotatable bonds is 4. The Hall–Kier alpha value is -2.84. The Morgan fingerprint density at radius 3 is 2.74 bits per heavy atom. The van der Waals surface area contributed by atoms with Crippen LogP contribution in [0.5, 0.6) is 5.88 Å². The van der Waals surface area contributed by atoms with Gasteiger partial charge in [-0.3, -0.25) is 9.59 Å². The Kier molecular flexibility index (Phi) is 5.20. The molecule has 1 aliphatic heterocycles. The minimum atomic E-state index is -4.45. The van der Waals surface area contributed by atoms with E-state index >= 15 is 0 Å². The van der Waals surface area contributed by atoms with Gasteiger partial charge < -0.3 is 14.2 Å². The van der Waals surface area contributed by atoms with Gasteiger partial charge in [-0.2, -0.15) is 13.2 Å². The summed E-state index contributed by atoms with van der Waals surface area (Å²) in [5.41, 5.74) is -0.270. The summed E-state index contributed by atoms with van der Waals surface area (Å²) in [6.07, 6.45) is -1.97. The van der Waals surface area contributed by atoms with Crippen molar-refractivity contribution in [1.29, 1.82) is 0 Å². The van der Waals surface area contributed by atoms with E-state index in [1.54, 1.807) is 24.1 Å². The van der Waals surface area contributed by atoms with Crippen molar-refractivity contribution in [3.8, 4) is 5.88 Å². The maximum atomic E-state index is 12.5. The van der Waals surface area contributed by atoms with Gasteiger partial charge in [0.25, 0.3) is 5.56 Å². The number of pyridine rings is 2. The van der Waals surface area contributed by atoms with Crippen molar-refractivity contribution in [3.05, 3.63) is 58.1 Å². The Morgan fingerprint density at radius 1 is 1.33 bits per heavy atom. The highest BCUT2D eigenvalue weighted by Crippen LogP contribution is 2.29. The largest absolute Gasteiger partial charge is 0.472 e. The first-order valence-corrected chi connectivity index (χ1v) is 8.37. The molecule has 2 aromatic rings. The third kappa shape index (κ3) is 4.66. The number of hydrogen-bond donors (Lipinski definition) is 0.